The Bertz CT molecular complexity index is 657. The molecule has 0 fully saturated rings. The first-order valence-corrected chi connectivity index (χ1v) is 8.79. The van der Waals surface area contributed by atoms with Crippen LogP contribution in [-0.4, -0.2) is 16.1 Å². The second-order valence-corrected chi connectivity index (χ2v) is 7.06. The summed E-state index contributed by atoms with van der Waals surface area (Å²) >= 11 is 7.12. The lowest BCUT2D eigenvalue weighted by Gasteiger charge is -2.28. The van der Waals surface area contributed by atoms with E-state index in [9.17, 15) is 4.79 Å². The molecule has 0 aromatic heterocycles. The highest BCUT2D eigenvalue weighted by molar-refractivity contribution is 9.12. The fourth-order valence-electron chi connectivity index (χ4n) is 2.90. The molecule has 1 aliphatic rings. The SMILES string of the molecule is O=C1Oc2ccccc2[C@@]1(C[C@H](Br)CBr)c1ccccc1. The molecule has 0 radical (unpaired) electrons. The van der Waals surface area contributed by atoms with E-state index in [0.29, 0.717) is 12.2 Å². The molecule has 0 bridgehead atoms. The van der Waals surface area contributed by atoms with E-state index >= 15 is 0 Å². The number of hydrogen-bond acceptors (Lipinski definition) is 2. The third-order valence-electron chi connectivity index (χ3n) is 3.86. The van der Waals surface area contributed by atoms with Crippen LogP contribution < -0.4 is 4.74 Å². The van der Waals surface area contributed by atoms with Crippen molar-refractivity contribution in [1.82, 2.24) is 0 Å². The molecule has 2 aromatic rings. The highest BCUT2D eigenvalue weighted by Gasteiger charge is 2.51. The molecular formula is C17H14Br2O2. The molecule has 0 amide bonds. The lowest BCUT2D eigenvalue weighted by molar-refractivity contribution is -0.137. The molecule has 0 unspecified atom stereocenters. The van der Waals surface area contributed by atoms with Crippen molar-refractivity contribution in [2.75, 3.05) is 5.33 Å². The average Bonchev–Trinajstić information content (AvgIpc) is 2.81. The summed E-state index contributed by atoms with van der Waals surface area (Å²) in [6, 6.07) is 17.6. The summed E-state index contributed by atoms with van der Waals surface area (Å²) in [7, 11) is 0. The minimum absolute atomic E-state index is 0.177. The second kappa shape index (κ2) is 5.93. The topological polar surface area (TPSA) is 26.3 Å². The molecular weight excluding hydrogens is 396 g/mol. The van der Waals surface area contributed by atoms with E-state index in [2.05, 4.69) is 31.9 Å². The summed E-state index contributed by atoms with van der Waals surface area (Å²) < 4.78 is 5.55. The average molecular weight is 410 g/mol. The van der Waals surface area contributed by atoms with E-state index in [1.165, 1.54) is 0 Å². The zero-order valence-corrected chi connectivity index (χ0v) is 14.4. The molecule has 1 heterocycles. The zero-order valence-electron chi connectivity index (χ0n) is 11.3. The minimum atomic E-state index is -0.736. The second-order valence-electron chi connectivity index (χ2n) is 5.11. The van der Waals surface area contributed by atoms with Crippen LogP contribution in [0.5, 0.6) is 5.75 Å². The van der Waals surface area contributed by atoms with E-state index in [4.69, 9.17) is 4.74 Å². The number of benzene rings is 2. The predicted octanol–water partition coefficient (Wildman–Crippen LogP) is 4.44. The van der Waals surface area contributed by atoms with Crippen molar-refractivity contribution in [2.24, 2.45) is 0 Å². The largest absolute Gasteiger partial charge is 0.425 e. The lowest BCUT2D eigenvalue weighted by atomic mass is 9.72. The van der Waals surface area contributed by atoms with Crippen molar-refractivity contribution in [3.63, 3.8) is 0 Å². The number of esters is 1. The summed E-state index contributed by atoms with van der Waals surface area (Å²) in [6.45, 7) is 0. The van der Waals surface area contributed by atoms with Gasteiger partial charge < -0.3 is 4.74 Å². The van der Waals surface area contributed by atoms with Gasteiger partial charge in [0.1, 0.15) is 11.2 Å². The molecule has 2 nitrogen and oxygen atoms in total. The Kier molecular flexibility index (Phi) is 4.18. The molecule has 3 rings (SSSR count). The lowest BCUT2D eigenvalue weighted by Crippen LogP contribution is -2.37. The number of halogens is 2. The Morgan fingerprint density at radius 1 is 1.05 bits per heavy atom. The highest BCUT2D eigenvalue weighted by atomic mass is 79.9. The van der Waals surface area contributed by atoms with E-state index in [1.807, 2.05) is 54.6 Å². The van der Waals surface area contributed by atoms with Crippen molar-refractivity contribution in [3.05, 3.63) is 65.7 Å². The standard InChI is InChI=1S/C17H14Br2O2/c18-11-13(19)10-17(12-6-2-1-3-7-12)14-8-4-5-9-15(14)21-16(17)20/h1-9,13H,10-11H2/t13-,17+/m0/s1. The van der Waals surface area contributed by atoms with Crippen molar-refractivity contribution in [2.45, 2.75) is 16.7 Å². The summed E-state index contributed by atoms with van der Waals surface area (Å²) in [4.78, 5) is 12.9. The number of carbonyl (C=O) groups is 1. The Morgan fingerprint density at radius 3 is 2.43 bits per heavy atom. The van der Waals surface area contributed by atoms with Crippen LogP contribution in [0.3, 0.4) is 0 Å². The van der Waals surface area contributed by atoms with Gasteiger partial charge in [-0.05, 0) is 18.1 Å². The molecule has 0 aliphatic carbocycles. The third-order valence-corrected chi connectivity index (χ3v) is 6.16. The number of rotatable bonds is 4. The summed E-state index contributed by atoms with van der Waals surface area (Å²) in [5.74, 6) is 0.473. The number of fused-ring (bicyclic) bond motifs is 1. The molecule has 108 valence electrons. The molecule has 2 aromatic carbocycles. The molecule has 0 saturated heterocycles. The first-order chi connectivity index (χ1) is 10.2. The minimum Gasteiger partial charge on any atom is -0.425 e. The predicted molar refractivity (Wildman–Crippen MR) is 90.4 cm³/mol. The zero-order chi connectivity index (χ0) is 14.9. The molecule has 21 heavy (non-hydrogen) atoms. The highest BCUT2D eigenvalue weighted by Crippen LogP contribution is 2.48. The van der Waals surface area contributed by atoms with Gasteiger partial charge in [0.2, 0.25) is 0 Å². The molecule has 2 atom stereocenters. The Morgan fingerprint density at radius 2 is 1.71 bits per heavy atom. The van der Waals surface area contributed by atoms with Crippen LogP contribution in [-0.2, 0) is 10.2 Å². The van der Waals surface area contributed by atoms with Gasteiger partial charge in [-0.1, -0.05) is 80.4 Å². The van der Waals surface area contributed by atoms with Gasteiger partial charge >= 0.3 is 5.97 Å². The number of para-hydroxylation sites is 1. The Hall–Kier alpha value is -1.13. The third kappa shape index (κ3) is 2.44. The van der Waals surface area contributed by atoms with Gasteiger partial charge in [-0.15, -0.1) is 0 Å². The monoisotopic (exact) mass is 408 g/mol. The first-order valence-electron chi connectivity index (χ1n) is 6.76. The van der Waals surface area contributed by atoms with Crippen LogP contribution in [0.25, 0.3) is 0 Å². The fourth-order valence-corrected chi connectivity index (χ4v) is 3.61. The van der Waals surface area contributed by atoms with Crippen molar-refractivity contribution in [3.8, 4) is 5.75 Å². The van der Waals surface area contributed by atoms with Crippen LogP contribution in [0.15, 0.2) is 54.6 Å². The quantitative estimate of drug-likeness (QED) is 0.424. The van der Waals surface area contributed by atoms with E-state index in [0.717, 1.165) is 16.5 Å². The normalized spacial score (nSPS) is 21.7. The van der Waals surface area contributed by atoms with Crippen LogP contribution in [0.4, 0.5) is 0 Å². The smallest absolute Gasteiger partial charge is 0.326 e. The van der Waals surface area contributed by atoms with Gasteiger partial charge in [-0.2, -0.15) is 0 Å². The molecule has 0 spiro atoms. The van der Waals surface area contributed by atoms with Crippen molar-refractivity contribution >= 4 is 37.8 Å². The number of alkyl halides is 2. The maximum absolute atomic E-state index is 12.7. The van der Waals surface area contributed by atoms with Crippen LogP contribution in [0.2, 0.25) is 0 Å². The molecule has 4 heteroatoms. The van der Waals surface area contributed by atoms with Gasteiger partial charge in [0, 0.05) is 15.7 Å². The van der Waals surface area contributed by atoms with Crippen molar-refractivity contribution < 1.29 is 9.53 Å². The van der Waals surface area contributed by atoms with Gasteiger partial charge in [0.15, 0.2) is 0 Å². The molecule has 0 saturated carbocycles. The maximum atomic E-state index is 12.7. The van der Waals surface area contributed by atoms with Gasteiger partial charge in [-0.25, -0.2) is 0 Å². The van der Waals surface area contributed by atoms with Crippen LogP contribution >= 0.6 is 31.9 Å². The number of hydrogen-bond donors (Lipinski definition) is 0. The summed E-state index contributed by atoms with van der Waals surface area (Å²) in [5, 5.41) is 0.775. The molecule has 1 aliphatic heterocycles. The number of ether oxygens (including phenoxy) is 1. The van der Waals surface area contributed by atoms with Gasteiger partial charge in [0.05, 0.1) is 0 Å². The van der Waals surface area contributed by atoms with E-state index in [1.54, 1.807) is 0 Å². The van der Waals surface area contributed by atoms with E-state index < -0.39 is 5.41 Å². The van der Waals surface area contributed by atoms with Crippen LogP contribution in [0, 0.1) is 0 Å². The summed E-state index contributed by atoms with van der Waals surface area (Å²) in [6.07, 6.45) is 0.651. The van der Waals surface area contributed by atoms with Gasteiger partial charge in [0.25, 0.3) is 0 Å². The Balaban J connectivity index is 2.20. The molecule has 0 N–H and O–H groups in total. The van der Waals surface area contributed by atoms with Gasteiger partial charge in [-0.3, -0.25) is 4.79 Å². The van der Waals surface area contributed by atoms with E-state index in [-0.39, 0.29) is 10.8 Å². The Labute approximate surface area is 140 Å². The first kappa shape index (κ1) is 14.8. The van der Waals surface area contributed by atoms with Crippen LogP contribution in [0.1, 0.15) is 17.5 Å². The van der Waals surface area contributed by atoms with Crippen molar-refractivity contribution in [1.29, 1.82) is 0 Å². The number of carbonyl (C=O) groups excluding carboxylic acids is 1. The fraction of sp³-hybridized carbons (Fsp3) is 0.235. The maximum Gasteiger partial charge on any atom is 0.326 e. The summed E-state index contributed by atoms with van der Waals surface area (Å²) in [5.41, 5.74) is 1.19.